The van der Waals surface area contributed by atoms with E-state index in [9.17, 15) is 9.59 Å². The first-order chi connectivity index (χ1) is 15.6. The predicted molar refractivity (Wildman–Crippen MR) is 127 cm³/mol. The van der Waals surface area contributed by atoms with E-state index < -0.39 is 5.25 Å². The minimum atomic E-state index is -0.464. The number of carbonyl (C=O) groups excluding carboxylic acids is 2. The molecular weight excluding hydrogens is 446 g/mol. The van der Waals surface area contributed by atoms with Crippen molar-refractivity contribution in [2.24, 2.45) is 0 Å². The molecule has 0 aliphatic carbocycles. The Morgan fingerprint density at radius 1 is 1.12 bits per heavy atom. The Balaban J connectivity index is 1.30. The van der Waals surface area contributed by atoms with Crippen molar-refractivity contribution in [3.8, 4) is 5.75 Å². The van der Waals surface area contributed by atoms with Crippen molar-refractivity contribution < 1.29 is 19.1 Å². The smallest absolute Gasteiger partial charge is 0.247 e. The van der Waals surface area contributed by atoms with Crippen LogP contribution in [0.1, 0.15) is 13.3 Å². The van der Waals surface area contributed by atoms with E-state index in [2.05, 4.69) is 9.88 Å². The minimum Gasteiger partial charge on any atom is -0.494 e. The SMILES string of the molecule is CCOc1ccc2nc(SC3CC(=O)N(c4ccc(N5CCOCC5)cc4)C3=O)sc2c1. The number of hydrogen-bond donors (Lipinski definition) is 0. The van der Waals surface area contributed by atoms with E-state index in [-0.39, 0.29) is 18.2 Å². The molecule has 0 saturated carbocycles. The molecule has 1 atom stereocenters. The maximum absolute atomic E-state index is 13.1. The van der Waals surface area contributed by atoms with Crippen molar-refractivity contribution in [3.63, 3.8) is 0 Å². The van der Waals surface area contributed by atoms with E-state index in [1.807, 2.05) is 49.4 Å². The first kappa shape index (κ1) is 21.2. The van der Waals surface area contributed by atoms with Gasteiger partial charge in [-0.05, 0) is 49.4 Å². The van der Waals surface area contributed by atoms with E-state index >= 15 is 0 Å². The number of imide groups is 1. The highest BCUT2D eigenvalue weighted by Gasteiger charge is 2.40. The van der Waals surface area contributed by atoms with Gasteiger partial charge in [-0.25, -0.2) is 9.88 Å². The van der Waals surface area contributed by atoms with Crippen molar-refractivity contribution in [2.45, 2.75) is 22.9 Å². The molecule has 0 bridgehead atoms. The fourth-order valence-corrected chi connectivity index (χ4v) is 6.28. The molecule has 2 fully saturated rings. The molecular formula is C23H23N3O4S2. The van der Waals surface area contributed by atoms with Crippen molar-refractivity contribution >= 4 is 56.5 Å². The third-order valence-electron chi connectivity index (χ3n) is 5.48. The monoisotopic (exact) mass is 469 g/mol. The van der Waals surface area contributed by atoms with Gasteiger partial charge in [-0.3, -0.25) is 9.59 Å². The highest BCUT2D eigenvalue weighted by Crippen LogP contribution is 2.38. The van der Waals surface area contributed by atoms with Gasteiger partial charge in [0.1, 0.15) is 11.0 Å². The van der Waals surface area contributed by atoms with Crippen LogP contribution < -0.4 is 14.5 Å². The molecule has 0 radical (unpaired) electrons. The summed E-state index contributed by atoms with van der Waals surface area (Å²) in [5.41, 5.74) is 2.56. The number of morpholine rings is 1. The van der Waals surface area contributed by atoms with E-state index in [1.54, 1.807) is 0 Å². The Bertz CT molecular complexity index is 1140. The fraction of sp³-hybridized carbons (Fsp3) is 0.348. The quantitative estimate of drug-likeness (QED) is 0.506. The molecule has 0 N–H and O–H groups in total. The van der Waals surface area contributed by atoms with Gasteiger partial charge in [0.05, 0.1) is 35.7 Å². The van der Waals surface area contributed by atoms with Gasteiger partial charge >= 0.3 is 0 Å². The summed E-state index contributed by atoms with van der Waals surface area (Å²) in [5.74, 6) is 0.443. The third-order valence-corrected chi connectivity index (χ3v) is 7.78. The summed E-state index contributed by atoms with van der Waals surface area (Å²) in [6.07, 6.45) is 0.175. The number of fused-ring (bicyclic) bond motifs is 1. The number of thiazole rings is 1. The molecule has 2 aliphatic rings. The zero-order chi connectivity index (χ0) is 22.1. The van der Waals surface area contributed by atoms with Gasteiger partial charge in [0.15, 0.2) is 4.34 Å². The second-order valence-corrected chi connectivity index (χ2v) is 10.0. The van der Waals surface area contributed by atoms with E-state index in [0.29, 0.717) is 25.5 Å². The van der Waals surface area contributed by atoms with Crippen LogP contribution in [0.4, 0.5) is 11.4 Å². The Labute approximate surface area is 194 Å². The summed E-state index contributed by atoms with van der Waals surface area (Å²) in [5, 5.41) is -0.464. The highest BCUT2D eigenvalue weighted by molar-refractivity contribution is 8.02. The zero-order valence-corrected chi connectivity index (χ0v) is 19.3. The zero-order valence-electron chi connectivity index (χ0n) is 17.7. The largest absolute Gasteiger partial charge is 0.494 e. The Morgan fingerprint density at radius 2 is 1.88 bits per heavy atom. The van der Waals surface area contributed by atoms with Crippen LogP contribution in [-0.4, -0.2) is 55.0 Å². The Kier molecular flexibility index (Phi) is 6.03. The molecule has 2 saturated heterocycles. The number of anilines is 2. The lowest BCUT2D eigenvalue weighted by Crippen LogP contribution is -2.36. The second-order valence-electron chi connectivity index (χ2n) is 7.54. The summed E-state index contributed by atoms with van der Waals surface area (Å²) in [4.78, 5) is 33.9. The van der Waals surface area contributed by atoms with E-state index in [0.717, 1.165) is 39.1 Å². The molecule has 9 heteroatoms. The molecule has 1 unspecified atom stereocenters. The molecule has 2 amide bonds. The highest BCUT2D eigenvalue weighted by atomic mass is 32.2. The maximum atomic E-state index is 13.1. The molecule has 7 nitrogen and oxygen atoms in total. The van der Waals surface area contributed by atoms with Crippen LogP contribution in [0.15, 0.2) is 46.8 Å². The lowest BCUT2D eigenvalue weighted by molar-refractivity contribution is -0.121. The van der Waals surface area contributed by atoms with Crippen molar-refractivity contribution in [1.29, 1.82) is 0 Å². The minimum absolute atomic E-state index is 0.175. The number of ether oxygens (including phenoxy) is 2. The summed E-state index contributed by atoms with van der Waals surface area (Å²) < 4.78 is 12.7. The van der Waals surface area contributed by atoms with E-state index in [1.165, 1.54) is 28.0 Å². The lowest BCUT2D eigenvalue weighted by Gasteiger charge is -2.29. The van der Waals surface area contributed by atoms with Gasteiger partial charge in [-0.1, -0.05) is 11.8 Å². The number of hydrogen-bond acceptors (Lipinski definition) is 8. The standard InChI is InChI=1S/C23H23N3O4S2/c1-2-30-17-7-8-18-19(13-17)31-23(24-18)32-20-14-21(27)26(22(20)28)16-5-3-15(4-6-16)25-9-11-29-12-10-25/h3-8,13,20H,2,9-12,14H2,1H3. The first-order valence-electron chi connectivity index (χ1n) is 10.6. The van der Waals surface area contributed by atoms with Crippen molar-refractivity contribution in [1.82, 2.24) is 4.98 Å². The predicted octanol–water partition coefficient (Wildman–Crippen LogP) is 3.96. The topological polar surface area (TPSA) is 72.0 Å². The van der Waals surface area contributed by atoms with Crippen LogP contribution in [-0.2, 0) is 14.3 Å². The van der Waals surface area contributed by atoms with Crippen molar-refractivity contribution in [3.05, 3.63) is 42.5 Å². The number of aromatic nitrogens is 1. The van der Waals surface area contributed by atoms with Crippen LogP contribution in [0.5, 0.6) is 5.75 Å². The number of amides is 2. The molecule has 32 heavy (non-hydrogen) atoms. The van der Waals surface area contributed by atoms with Gasteiger partial charge < -0.3 is 14.4 Å². The van der Waals surface area contributed by atoms with Gasteiger partial charge in [0.2, 0.25) is 11.8 Å². The number of carbonyl (C=O) groups is 2. The number of nitrogens with zero attached hydrogens (tertiary/aromatic N) is 3. The van der Waals surface area contributed by atoms with Crippen LogP contribution in [0.3, 0.4) is 0 Å². The lowest BCUT2D eigenvalue weighted by atomic mass is 10.2. The molecule has 0 spiro atoms. The molecule has 5 rings (SSSR count). The average Bonchev–Trinajstić information content (AvgIpc) is 3.34. The summed E-state index contributed by atoms with van der Waals surface area (Å²) in [7, 11) is 0. The normalized spacial score (nSPS) is 19.2. The molecule has 3 heterocycles. The van der Waals surface area contributed by atoms with Gasteiger partial charge in [-0.15, -0.1) is 11.3 Å². The molecule has 1 aromatic heterocycles. The number of rotatable bonds is 6. The van der Waals surface area contributed by atoms with Crippen LogP contribution in [0.2, 0.25) is 0 Å². The second kappa shape index (κ2) is 9.09. The number of benzene rings is 2. The average molecular weight is 470 g/mol. The van der Waals surface area contributed by atoms with Crippen LogP contribution in [0, 0.1) is 0 Å². The van der Waals surface area contributed by atoms with Gasteiger partial charge in [0, 0.05) is 25.2 Å². The molecule has 2 aromatic carbocycles. The molecule has 2 aliphatic heterocycles. The summed E-state index contributed by atoms with van der Waals surface area (Å²) >= 11 is 2.88. The molecule has 3 aromatic rings. The van der Waals surface area contributed by atoms with Crippen molar-refractivity contribution in [2.75, 3.05) is 42.7 Å². The van der Waals surface area contributed by atoms with Gasteiger partial charge in [-0.2, -0.15) is 0 Å². The number of thioether (sulfide) groups is 1. The Hall–Kier alpha value is -2.62. The first-order valence-corrected chi connectivity index (χ1v) is 12.3. The van der Waals surface area contributed by atoms with Crippen LogP contribution in [0.25, 0.3) is 10.2 Å². The van der Waals surface area contributed by atoms with Gasteiger partial charge in [0.25, 0.3) is 0 Å². The summed E-state index contributed by atoms with van der Waals surface area (Å²) in [6, 6.07) is 13.4. The summed E-state index contributed by atoms with van der Waals surface area (Å²) in [6.45, 7) is 5.66. The Morgan fingerprint density at radius 3 is 2.62 bits per heavy atom. The van der Waals surface area contributed by atoms with E-state index in [4.69, 9.17) is 9.47 Å². The fourth-order valence-electron chi connectivity index (χ4n) is 3.91. The maximum Gasteiger partial charge on any atom is 0.247 e. The molecule has 166 valence electrons. The van der Waals surface area contributed by atoms with Crippen LogP contribution >= 0.6 is 23.1 Å². The third kappa shape index (κ3) is 4.20.